The molecule has 5 nitrogen and oxygen atoms in total. The van der Waals surface area contributed by atoms with E-state index in [1.165, 1.54) is 0 Å². The highest BCUT2D eigenvalue weighted by atomic mass is 16.5. The van der Waals surface area contributed by atoms with Gasteiger partial charge in [-0.2, -0.15) is 5.10 Å². The molecule has 2 aromatic rings. The summed E-state index contributed by atoms with van der Waals surface area (Å²) in [6.07, 6.45) is 4.47. The van der Waals surface area contributed by atoms with E-state index in [0.717, 1.165) is 24.4 Å². The van der Waals surface area contributed by atoms with Crippen LogP contribution < -0.4 is 10.1 Å². The van der Waals surface area contributed by atoms with Crippen LogP contribution in [-0.2, 0) is 0 Å². The van der Waals surface area contributed by atoms with Crippen molar-refractivity contribution in [1.29, 1.82) is 0 Å². The van der Waals surface area contributed by atoms with E-state index in [2.05, 4.69) is 10.4 Å². The van der Waals surface area contributed by atoms with E-state index in [0.29, 0.717) is 6.61 Å². The van der Waals surface area contributed by atoms with Gasteiger partial charge in [0.05, 0.1) is 24.7 Å². The van der Waals surface area contributed by atoms with Gasteiger partial charge in [-0.05, 0) is 44.3 Å². The molecular weight excluding hydrogens is 230 g/mol. The lowest BCUT2D eigenvalue weighted by molar-refractivity contribution is 0.309. The largest absolute Gasteiger partial charge is 0.508 e. The maximum Gasteiger partial charge on any atom is 0.157 e. The molecule has 2 N–H and O–H groups in total. The Labute approximate surface area is 106 Å². The Hall–Kier alpha value is -2.01. The lowest BCUT2D eigenvalue weighted by Crippen LogP contribution is -2.11. The van der Waals surface area contributed by atoms with Gasteiger partial charge in [0.25, 0.3) is 0 Å². The van der Waals surface area contributed by atoms with E-state index in [-0.39, 0.29) is 5.75 Å². The number of aromatic hydroxyl groups is 1. The van der Waals surface area contributed by atoms with Crippen molar-refractivity contribution in [3.8, 4) is 17.2 Å². The van der Waals surface area contributed by atoms with E-state index >= 15 is 0 Å². The van der Waals surface area contributed by atoms with Crippen molar-refractivity contribution in [2.24, 2.45) is 0 Å². The van der Waals surface area contributed by atoms with Crippen LogP contribution in [0.1, 0.15) is 6.42 Å². The van der Waals surface area contributed by atoms with Crippen LogP contribution >= 0.6 is 0 Å². The fourth-order valence-corrected chi connectivity index (χ4v) is 1.57. The van der Waals surface area contributed by atoms with E-state index in [1.807, 2.05) is 13.2 Å². The molecule has 0 bridgehead atoms. The predicted molar refractivity (Wildman–Crippen MR) is 69.3 cm³/mol. The summed E-state index contributed by atoms with van der Waals surface area (Å²) in [5.74, 6) is 0.994. The molecule has 0 spiro atoms. The van der Waals surface area contributed by atoms with Gasteiger partial charge in [-0.15, -0.1) is 0 Å². The summed E-state index contributed by atoms with van der Waals surface area (Å²) in [4.78, 5) is 0. The van der Waals surface area contributed by atoms with Gasteiger partial charge in [0.2, 0.25) is 0 Å². The molecular formula is C13H17N3O2. The Morgan fingerprint density at radius 3 is 2.83 bits per heavy atom. The first-order valence-electron chi connectivity index (χ1n) is 5.91. The molecule has 0 aliphatic carbocycles. The Morgan fingerprint density at radius 1 is 1.33 bits per heavy atom. The van der Waals surface area contributed by atoms with Crippen molar-refractivity contribution in [2.45, 2.75) is 6.42 Å². The molecule has 0 saturated heterocycles. The van der Waals surface area contributed by atoms with Crippen LogP contribution in [-0.4, -0.2) is 35.1 Å². The quantitative estimate of drug-likeness (QED) is 0.761. The maximum absolute atomic E-state index is 9.22. The maximum atomic E-state index is 9.22. The molecule has 2 rings (SSSR count). The van der Waals surface area contributed by atoms with Crippen LogP contribution in [0.3, 0.4) is 0 Å². The minimum atomic E-state index is 0.245. The number of nitrogens with one attached hydrogen (secondary N) is 1. The number of nitrogens with zero attached hydrogens (tertiary/aromatic N) is 2. The summed E-state index contributed by atoms with van der Waals surface area (Å²) in [7, 11) is 1.92. The van der Waals surface area contributed by atoms with Gasteiger partial charge in [-0.3, -0.25) is 0 Å². The Bertz CT molecular complexity index is 479. The summed E-state index contributed by atoms with van der Waals surface area (Å²) in [5.41, 5.74) is 0.887. The first-order valence-corrected chi connectivity index (χ1v) is 5.91. The molecule has 1 aromatic carbocycles. The summed E-state index contributed by atoms with van der Waals surface area (Å²) >= 11 is 0. The number of phenolic OH excluding ortho intramolecular Hbond substituents is 1. The molecule has 0 amide bonds. The highest BCUT2D eigenvalue weighted by Crippen LogP contribution is 2.16. The van der Waals surface area contributed by atoms with Gasteiger partial charge < -0.3 is 15.2 Å². The molecule has 0 radical (unpaired) electrons. The smallest absolute Gasteiger partial charge is 0.157 e. The molecule has 1 heterocycles. The van der Waals surface area contributed by atoms with Crippen molar-refractivity contribution in [2.75, 3.05) is 20.2 Å². The number of hydrogen-bond donors (Lipinski definition) is 2. The monoisotopic (exact) mass is 247 g/mol. The summed E-state index contributed by atoms with van der Waals surface area (Å²) in [6.45, 7) is 1.61. The average molecular weight is 247 g/mol. The Balaban J connectivity index is 1.95. The standard InChI is InChI=1S/C13H17N3O2/c1-14-7-2-8-18-13-9-15-16(10-13)11-3-5-12(17)6-4-11/h3-6,9-10,14,17H,2,7-8H2,1H3. The molecule has 0 atom stereocenters. The highest BCUT2D eigenvalue weighted by molar-refractivity contribution is 5.37. The summed E-state index contributed by atoms with van der Waals surface area (Å²) in [6, 6.07) is 6.86. The average Bonchev–Trinajstić information content (AvgIpc) is 2.84. The fourth-order valence-electron chi connectivity index (χ4n) is 1.57. The minimum absolute atomic E-state index is 0.245. The van der Waals surface area contributed by atoms with Crippen LogP contribution in [0.25, 0.3) is 5.69 Å². The molecule has 0 aliphatic heterocycles. The minimum Gasteiger partial charge on any atom is -0.508 e. The highest BCUT2D eigenvalue weighted by Gasteiger charge is 2.01. The third-order valence-corrected chi connectivity index (χ3v) is 2.51. The van der Waals surface area contributed by atoms with Gasteiger partial charge >= 0.3 is 0 Å². The fraction of sp³-hybridized carbons (Fsp3) is 0.308. The summed E-state index contributed by atoms with van der Waals surface area (Å²) in [5, 5.41) is 16.5. The number of aromatic nitrogens is 2. The zero-order valence-electron chi connectivity index (χ0n) is 10.3. The number of rotatable bonds is 6. The van der Waals surface area contributed by atoms with E-state index in [4.69, 9.17) is 4.74 Å². The Kier molecular flexibility index (Phi) is 4.20. The summed E-state index contributed by atoms with van der Waals surface area (Å²) < 4.78 is 7.28. The first kappa shape index (κ1) is 12.4. The van der Waals surface area contributed by atoms with Crippen molar-refractivity contribution in [3.05, 3.63) is 36.7 Å². The van der Waals surface area contributed by atoms with Crippen LogP contribution in [0.5, 0.6) is 11.5 Å². The molecule has 0 unspecified atom stereocenters. The number of hydrogen-bond acceptors (Lipinski definition) is 4. The predicted octanol–water partition coefficient (Wildman–Crippen LogP) is 1.57. The topological polar surface area (TPSA) is 59.3 Å². The van der Waals surface area contributed by atoms with Crippen molar-refractivity contribution in [1.82, 2.24) is 15.1 Å². The molecule has 96 valence electrons. The molecule has 0 fully saturated rings. The van der Waals surface area contributed by atoms with Crippen LogP contribution in [0, 0.1) is 0 Å². The third-order valence-electron chi connectivity index (χ3n) is 2.51. The second-order valence-electron chi connectivity index (χ2n) is 3.94. The zero-order chi connectivity index (χ0) is 12.8. The third kappa shape index (κ3) is 3.24. The van der Waals surface area contributed by atoms with Gasteiger partial charge in [-0.25, -0.2) is 4.68 Å². The van der Waals surface area contributed by atoms with Crippen molar-refractivity contribution >= 4 is 0 Å². The molecule has 0 saturated carbocycles. The Morgan fingerprint density at radius 2 is 2.11 bits per heavy atom. The normalized spacial score (nSPS) is 10.5. The SMILES string of the molecule is CNCCCOc1cnn(-c2ccc(O)cc2)c1. The second-order valence-corrected chi connectivity index (χ2v) is 3.94. The lowest BCUT2D eigenvalue weighted by Gasteiger charge is -2.02. The molecule has 1 aromatic heterocycles. The van der Waals surface area contributed by atoms with Gasteiger partial charge in [-0.1, -0.05) is 0 Å². The van der Waals surface area contributed by atoms with Crippen LogP contribution in [0.4, 0.5) is 0 Å². The molecule has 0 aliphatic rings. The zero-order valence-corrected chi connectivity index (χ0v) is 10.3. The van der Waals surface area contributed by atoms with Gasteiger partial charge in [0, 0.05) is 0 Å². The van der Waals surface area contributed by atoms with Crippen molar-refractivity contribution in [3.63, 3.8) is 0 Å². The van der Waals surface area contributed by atoms with Crippen LogP contribution in [0.2, 0.25) is 0 Å². The van der Waals surface area contributed by atoms with Crippen LogP contribution in [0.15, 0.2) is 36.7 Å². The number of ether oxygens (including phenoxy) is 1. The molecule has 18 heavy (non-hydrogen) atoms. The second kappa shape index (κ2) is 6.07. The van der Waals surface area contributed by atoms with Crippen molar-refractivity contribution < 1.29 is 9.84 Å². The first-order chi connectivity index (χ1) is 8.79. The molecule has 5 heteroatoms. The number of benzene rings is 1. The number of phenols is 1. The van der Waals surface area contributed by atoms with E-state index in [1.54, 1.807) is 35.1 Å². The lowest BCUT2D eigenvalue weighted by atomic mass is 10.3. The van der Waals surface area contributed by atoms with E-state index in [9.17, 15) is 5.11 Å². The van der Waals surface area contributed by atoms with E-state index < -0.39 is 0 Å². The van der Waals surface area contributed by atoms with Gasteiger partial charge in [0.15, 0.2) is 5.75 Å². The van der Waals surface area contributed by atoms with Gasteiger partial charge in [0.1, 0.15) is 5.75 Å².